The first-order valence-corrected chi connectivity index (χ1v) is 11.2. The number of hydrogen-bond acceptors (Lipinski definition) is 7. The molecule has 0 unspecified atom stereocenters. The van der Waals surface area contributed by atoms with Crippen LogP contribution >= 0.6 is 0 Å². The van der Waals surface area contributed by atoms with Crippen molar-refractivity contribution in [3.63, 3.8) is 0 Å². The first kappa shape index (κ1) is 26.2. The molecule has 36 heavy (non-hydrogen) atoms. The maximum absolute atomic E-state index is 12.5. The highest BCUT2D eigenvalue weighted by Crippen LogP contribution is 2.39. The number of phenols is 1. The molecule has 0 fully saturated rings. The molecule has 0 aliphatic heterocycles. The highest BCUT2D eigenvalue weighted by molar-refractivity contribution is 6.04. The van der Waals surface area contributed by atoms with E-state index in [4.69, 9.17) is 23.7 Å². The second kappa shape index (κ2) is 12.4. The molecule has 0 aliphatic rings. The Bertz CT molecular complexity index is 1230. The Labute approximate surface area is 211 Å². The third kappa shape index (κ3) is 6.18. The van der Waals surface area contributed by atoms with Crippen LogP contribution in [0.2, 0.25) is 0 Å². The minimum absolute atomic E-state index is 0.115. The van der Waals surface area contributed by atoms with E-state index in [2.05, 4.69) is 0 Å². The zero-order valence-electron chi connectivity index (χ0n) is 21.0. The number of ether oxygens (including phenoxy) is 5. The van der Waals surface area contributed by atoms with Crippen LogP contribution in [0.15, 0.2) is 60.7 Å². The number of benzene rings is 3. The molecule has 7 nitrogen and oxygen atoms in total. The number of hydrogen-bond donors (Lipinski definition) is 1. The number of phenolic OH excluding ortho intramolecular Hbond substituents is 1. The largest absolute Gasteiger partial charge is 0.508 e. The van der Waals surface area contributed by atoms with E-state index in [-0.39, 0.29) is 11.5 Å². The summed E-state index contributed by atoms with van der Waals surface area (Å²) in [5.74, 6) is 2.78. The van der Waals surface area contributed by atoms with Crippen molar-refractivity contribution in [1.29, 1.82) is 0 Å². The third-order valence-corrected chi connectivity index (χ3v) is 5.55. The Balaban J connectivity index is 1.93. The summed E-state index contributed by atoms with van der Waals surface area (Å²) in [6, 6.07) is 13.6. The maximum Gasteiger partial charge on any atom is 0.203 e. The highest BCUT2D eigenvalue weighted by Gasteiger charge is 2.13. The summed E-state index contributed by atoms with van der Waals surface area (Å²) in [6.45, 7) is 0. The van der Waals surface area contributed by atoms with Gasteiger partial charge in [0.2, 0.25) is 5.75 Å². The lowest BCUT2D eigenvalue weighted by atomic mass is 10.0. The van der Waals surface area contributed by atoms with E-state index in [1.165, 1.54) is 18.2 Å². The lowest BCUT2D eigenvalue weighted by Gasteiger charge is -2.14. The fraction of sp³-hybridized carbons (Fsp3) is 0.207. The van der Waals surface area contributed by atoms with Crippen LogP contribution in [0.3, 0.4) is 0 Å². The monoisotopic (exact) mass is 490 g/mol. The molecule has 0 saturated heterocycles. The summed E-state index contributed by atoms with van der Waals surface area (Å²) in [5.41, 5.74) is 3.18. The molecule has 0 spiro atoms. The van der Waals surface area contributed by atoms with Gasteiger partial charge in [0.1, 0.15) is 5.75 Å². The normalized spacial score (nSPS) is 11.0. The maximum atomic E-state index is 12.5. The number of allylic oxidation sites excluding steroid dienone is 2. The van der Waals surface area contributed by atoms with Crippen LogP contribution < -0.4 is 23.7 Å². The summed E-state index contributed by atoms with van der Waals surface area (Å²) in [6.07, 6.45) is 7.69. The Morgan fingerprint density at radius 1 is 0.750 bits per heavy atom. The van der Waals surface area contributed by atoms with Crippen molar-refractivity contribution in [1.82, 2.24) is 0 Å². The first-order valence-electron chi connectivity index (χ1n) is 11.2. The molecule has 3 aromatic carbocycles. The van der Waals surface area contributed by atoms with Crippen LogP contribution in [0.4, 0.5) is 0 Å². The van der Waals surface area contributed by atoms with Gasteiger partial charge in [-0.3, -0.25) is 4.79 Å². The molecule has 3 rings (SSSR count). The molecular formula is C29H30O7. The average molecular weight is 491 g/mol. The summed E-state index contributed by atoms with van der Waals surface area (Å²) >= 11 is 0. The van der Waals surface area contributed by atoms with Gasteiger partial charge in [0.15, 0.2) is 28.8 Å². The van der Waals surface area contributed by atoms with Crippen molar-refractivity contribution in [2.75, 3.05) is 35.5 Å². The van der Waals surface area contributed by atoms with Gasteiger partial charge in [0, 0.05) is 5.56 Å². The number of ketones is 1. The minimum Gasteiger partial charge on any atom is -0.508 e. The van der Waals surface area contributed by atoms with Crippen LogP contribution in [-0.2, 0) is 6.42 Å². The molecule has 0 heterocycles. The van der Waals surface area contributed by atoms with E-state index >= 15 is 0 Å². The van der Waals surface area contributed by atoms with Crippen molar-refractivity contribution >= 4 is 17.9 Å². The summed E-state index contributed by atoms with van der Waals surface area (Å²) in [5, 5.41) is 9.43. The second-order valence-corrected chi connectivity index (χ2v) is 7.72. The van der Waals surface area contributed by atoms with Gasteiger partial charge in [-0.2, -0.15) is 0 Å². The zero-order valence-corrected chi connectivity index (χ0v) is 21.0. The number of carbonyl (C=O) groups excluding carboxylic acids is 1. The van der Waals surface area contributed by atoms with E-state index in [9.17, 15) is 9.90 Å². The van der Waals surface area contributed by atoms with Gasteiger partial charge in [-0.1, -0.05) is 18.2 Å². The van der Waals surface area contributed by atoms with Crippen LogP contribution in [0.25, 0.3) is 12.2 Å². The molecule has 188 valence electrons. The summed E-state index contributed by atoms with van der Waals surface area (Å²) < 4.78 is 27.3. The molecule has 0 bridgehead atoms. The number of methoxy groups -OCH3 is 5. The van der Waals surface area contributed by atoms with Crippen molar-refractivity contribution < 1.29 is 33.6 Å². The van der Waals surface area contributed by atoms with E-state index in [0.717, 1.165) is 16.7 Å². The number of rotatable bonds is 11. The molecule has 0 atom stereocenters. The zero-order chi connectivity index (χ0) is 26.1. The Morgan fingerprint density at radius 2 is 1.33 bits per heavy atom. The van der Waals surface area contributed by atoms with E-state index in [0.29, 0.717) is 40.7 Å². The Hall–Kier alpha value is -4.39. The van der Waals surface area contributed by atoms with Crippen molar-refractivity contribution in [2.45, 2.75) is 6.42 Å². The quantitative estimate of drug-likeness (QED) is 0.213. The highest BCUT2D eigenvalue weighted by atomic mass is 16.5. The van der Waals surface area contributed by atoms with Crippen LogP contribution in [0, 0.1) is 0 Å². The topological polar surface area (TPSA) is 83.5 Å². The van der Waals surface area contributed by atoms with E-state index < -0.39 is 0 Å². The molecule has 0 aromatic heterocycles. The molecule has 0 saturated carbocycles. The molecule has 3 aromatic rings. The lowest BCUT2D eigenvalue weighted by Crippen LogP contribution is -1.97. The predicted molar refractivity (Wildman–Crippen MR) is 140 cm³/mol. The smallest absolute Gasteiger partial charge is 0.203 e. The van der Waals surface area contributed by atoms with Gasteiger partial charge in [-0.15, -0.1) is 0 Å². The fourth-order valence-corrected chi connectivity index (χ4v) is 3.67. The van der Waals surface area contributed by atoms with E-state index in [1.54, 1.807) is 53.8 Å². The van der Waals surface area contributed by atoms with Gasteiger partial charge in [0.25, 0.3) is 0 Å². The Morgan fingerprint density at radius 3 is 1.89 bits per heavy atom. The minimum atomic E-state index is -0.148. The number of aromatic hydroxyl groups is 1. The van der Waals surface area contributed by atoms with Gasteiger partial charge >= 0.3 is 0 Å². The SMILES string of the molecule is COc1cc(/C=C\c2cc(OC)c(OC)c(OC)c2)c(C/C=C\C(=O)c2ccc(O)cc2)cc1OC. The molecule has 0 aliphatic carbocycles. The fourth-order valence-electron chi connectivity index (χ4n) is 3.67. The lowest BCUT2D eigenvalue weighted by molar-refractivity contribution is 0.104. The Kier molecular flexibility index (Phi) is 9.00. The molecule has 7 heteroatoms. The van der Waals surface area contributed by atoms with Gasteiger partial charge in [-0.05, 0) is 77.7 Å². The third-order valence-electron chi connectivity index (χ3n) is 5.55. The van der Waals surface area contributed by atoms with E-state index in [1.807, 2.05) is 36.4 Å². The predicted octanol–water partition coefficient (Wildman–Crippen LogP) is 5.59. The molecular weight excluding hydrogens is 460 g/mol. The van der Waals surface area contributed by atoms with Crippen LogP contribution in [0.5, 0.6) is 34.5 Å². The van der Waals surface area contributed by atoms with Gasteiger partial charge in [0.05, 0.1) is 35.5 Å². The number of carbonyl (C=O) groups is 1. The van der Waals surface area contributed by atoms with Crippen LogP contribution in [0.1, 0.15) is 27.0 Å². The summed E-state index contributed by atoms with van der Waals surface area (Å²) in [4.78, 5) is 12.5. The van der Waals surface area contributed by atoms with Crippen molar-refractivity contribution in [3.05, 3.63) is 82.9 Å². The summed E-state index contributed by atoms with van der Waals surface area (Å²) in [7, 11) is 7.87. The van der Waals surface area contributed by atoms with Crippen molar-refractivity contribution in [3.8, 4) is 34.5 Å². The second-order valence-electron chi connectivity index (χ2n) is 7.72. The van der Waals surface area contributed by atoms with Gasteiger partial charge in [-0.25, -0.2) is 0 Å². The first-order chi connectivity index (χ1) is 17.4. The van der Waals surface area contributed by atoms with Gasteiger partial charge < -0.3 is 28.8 Å². The molecule has 0 radical (unpaired) electrons. The average Bonchev–Trinajstić information content (AvgIpc) is 2.91. The standard InChI is InChI=1S/C29H30O7/c1-32-25-17-21(7-6-8-24(31)20-11-13-23(30)14-12-20)22(18-26(25)33-2)10-9-19-15-27(34-3)29(36-5)28(16-19)35-4/h6,8-18,30H,7H2,1-5H3/b8-6-,10-9-. The molecule has 0 amide bonds. The van der Waals surface area contributed by atoms with Crippen molar-refractivity contribution in [2.24, 2.45) is 0 Å². The molecule has 1 N–H and O–H groups in total. The van der Waals surface area contributed by atoms with Crippen LogP contribution in [-0.4, -0.2) is 46.4 Å².